The van der Waals surface area contributed by atoms with Crippen molar-refractivity contribution in [1.29, 1.82) is 0 Å². The van der Waals surface area contributed by atoms with Gasteiger partial charge in [-0.15, -0.1) is 0 Å². The molecule has 0 radical (unpaired) electrons. The summed E-state index contributed by atoms with van der Waals surface area (Å²) in [5, 5.41) is 16.1. The number of hydrogen-bond acceptors (Lipinski definition) is 6. The van der Waals surface area contributed by atoms with Crippen molar-refractivity contribution in [3.8, 4) is 0 Å². The lowest BCUT2D eigenvalue weighted by molar-refractivity contribution is -0.134. The molecule has 0 bridgehead atoms. The SMILES string of the molecule is CC1(N)CCN(c2cncc(Cl)n2)CC1.O=C(O)/C=C\C(=O)O. The first-order chi connectivity index (χ1) is 10.7. The molecule has 1 saturated heterocycles. The van der Waals surface area contributed by atoms with Gasteiger partial charge in [0.25, 0.3) is 0 Å². The molecule has 0 saturated carbocycles. The molecule has 0 unspecified atom stereocenters. The summed E-state index contributed by atoms with van der Waals surface area (Å²) in [5.74, 6) is -1.67. The highest BCUT2D eigenvalue weighted by Gasteiger charge is 2.26. The molecule has 126 valence electrons. The lowest BCUT2D eigenvalue weighted by atomic mass is 9.91. The van der Waals surface area contributed by atoms with Gasteiger partial charge >= 0.3 is 11.9 Å². The predicted molar refractivity (Wildman–Crippen MR) is 85.5 cm³/mol. The highest BCUT2D eigenvalue weighted by molar-refractivity contribution is 6.29. The number of halogens is 1. The fourth-order valence-electron chi connectivity index (χ4n) is 1.87. The number of nitrogens with zero attached hydrogens (tertiary/aromatic N) is 3. The second-order valence-electron chi connectivity index (χ2n) is 5.35. The van der Waals surface area contributed by atoms with Crippen LogP contribution in [0.3, 0.4) is 0 Å². The van der Waals surface area contributed by atoms with Crippen molar-refractivity contribution < 1.29 is 19.8 Å². The first-order valence-corrected chi connectivity index (χ1v) is 7.23. The van der Waals surface area contributed by atoms with Crippen molar-refractivity contribution >= 4 is 29.4 Å². The van der Waals surface area contributed by atoms with Crippen molar-refractivity contribution in [3.63, 3.8) is 0 Å². The number of hydrogen-bond donors (Lipinski definition) is 3. The smallest absolute Gasteiger partial charge is 0.328 e. The van der Waals surface area contributed by atoms with Crippen molar-refractivity contribution in [1.82, 2.24) is 9.97 Å². The number of piperidine rings is 1. The summed E-state index contributed by atoms with van der Waals surface area (Å²) in [6, 6.07) is 0. The molecule has 2 heterocycles. The van der Waals surface area contributed by atoms with E-state index in [1.807, 2.05) is 0 Å². The van der Waals surface area contributed by atoms with E-state index in [1.54, 1.807) is 12.4 Å². The number of aliphatic carboxylic acids is 2. The lowest BCUT2D eigenvalue weighted by Crippen LogP contribution is -2.48. The molecule has 23 heavy (non-hydrogen) atoms. The van der Waals surface area contributed by atoms with Crippen LogP contribution < -0.4 is 10.6 Å². The van der Waals surface area contributed by atoms with Gasteiger partial charge in [0.15, 0.2) is 0 Å². The normalized spacial score (nSPS) is 16.6. The minimum atomic E-state index is -1.26. The van der Waals surface area contributed by atoms with Crippen LogP contribution >= 0.6 is 11.6 Å². The van der Waals surface area contributed by atoms with E-state index >= 15 is 0 Å². The molecule has 1 aliphatic rings. The van der Waals surface area contributed by atoms with Gasteiger partial charge in [0.2, 0.25) is 0 Å². The third kappa shape index (κ3) is 7.57. The van der Waals surface area contributed by atoms with Crippen LogP contribution in [0, 0.1) is 0 Å². The zero-order chi connectivity index (χ0) is 17.5. The maximum Gasteiger partial charge on any atom is 0.328 e. The molecule has 1 fully saturated rings. The van der Waals surface area contributed by atoms with Gasteiger partial charge < -0.3 is 20.8 Å². The number of anilines is 1. The van der Waals surface area contributed by atoms with Gasteiger partial charge in [0, 0.05) is 30.8 Å². The highest BCUT2D eigenvalue weighted by Crippen LogP contribution is 2.23. The number of aromatic nitrogens is 2. The van der Waals surface area contributed by atoms with Crippen molar-refractivity contribution in [3.05, 3.63) is 29.7 Å². The number of carboxylic acids is 2. The molecular formula is C14H19ClN4O4. The van der Waals surface area contributed by atoms with Gasteiger partial charge in [-0.1, -0.05) is 11.6 Å². The monoisotopic (exact) mass is 342 g/mol. The fourth-order valence-corrected chi connectivity index (χ4v) is 2.02. The van der Waals surface area contributed by atoms with Crippen molar-refractivity contribution in [2.24, 2.45) is 5.73 Å². The average molecular weight is 343 g/mol. The number of nitrogens with two attached hydrogens (primary N) is 1. The molecule has 1 aromatic rings. The van der Waals surface area contributed by atoms with Crippen LogP contribution in [0.5, 0.6) is 0 Å². The second kappa shape index (κ2) is 8.44. The minimum absolute atomic E-state index is 0.0392. The zero-order valence-corrected chi connectivity index (χ0v) is 13.4. The van der Waals surface area contributed by atoms with Gasteiger partial charge in [0.1, 0.15) is 11.0 Å². The molecule has 0 spiro atoms. The largest absolute Gasteiger partial charge is 0.478 e. The van der Waals surface area contributed by atoms with E-state index in [1.165, 1.54) is 0 Å². The Kier molecular flexibility index (Phi) is 6.92. The minimum Gasteiger partial charge on any atom is -0.478 e. The van der Waals surface area contributed by atoms with Crippen LogP contribution in [0.25, 0.3) is 0 Å². The predicted octanol–water partition coefficient (Wildman–Crippen LogP) is 1.16. The summed E-state index contributed by atoms with van der Waals surface area (Å²) in [7, 11) is 0. The molecule has 0 aromatic carbocycles. The maximum atomic E-state index is 9.55. The second-order valence-corrected chi connectivity index (χ2v) is 5.74. The van der Waals surface area contributed by atoms with Crippen LogP contribution in [-0.4, -0.2) is 50.7 Å². The van der Waals surface area contributed by atoms with Gasteiger partial charge in [0.05, 0.1) is 12.4 Å². The Morgan fingerprint density at radius 1 is 1.26 bits per heavy atom. The summed E-state index contributed by atoms with van der Waals surface area (Å²) in [4.78, 5) is 29.5. The molecular weight excluding hydrogens is 324 g/mol. The third-order valence-electron chi connectivity index (χ3n) is 3.19. The van der Waals surface area contributed by atoms with Crippen molar-refractivity contribution in [2.45, 2.75) is 25.3 Å². The molecule has 0 atom stereocenters. The fraction of sp³-hybridized carbons (Fsp3) is 0.429. The molecule has 0 aliphatic carbocycles. The lowest BCUT2D eigenvalue weighted by Gasteiger charge is -2.37. The molecule has 9 heteroatoms. The zero-order valence-electron chi connectivity index (χ0n) is 12.6. The van der Waals surface area contributed by atoms with E-state index in [0.29, 0.717) is 17.3 Å². The van der Waals surface area contributed by atoms with Gasteiger partial charge in [-0.25, -0.2) is 14.6 Å². The third-order valence-corrected chi connectivity index (χ3v) is 3.37. The summed E-state index contributed by atoms with van der Waals surface area (Å²) in [5.41, 5.74) is 6.02. The number of carboxylic acid groups (broad SMARTS) is 2. The molecule has 1 aliphatic heterocycles. The standard InChI is InChI=1S/C10H15ClN4.C4H4O4/c1-10(12)2-4-15(5-3-10)9-7-13-6-8(11)14-9;5-3(6)1-2-4(7)8/h6-7H,2-5,12H2,1H3;1-2H,(H,5,6)(H,7,8)/b;2-1-. The van der Waals surface area contributed by atoms with E-state index < -0.39 is 11.9 Å². The molecule has 8 nitrogen and oxygen atoms in total. The van der Waals surface area contributed by atoms with Crippen LogP contribution in [0.4, 0.5) is 5.82 Å². The van der Waals surface area contributed by atoms with E-state index in [9.17, 15) is 9.59 Å². The number of rotatable bonds is 3. The maximum absolute atomic E-state index is 9.55. The first-order valence-electron chi connectivity index (χ1n) is 6.85. The van der Waals surface area contributed by atoms with Crippen LogP contribution in [0.2, 0.25) is 5.15 Å². The summed E-state index contributed by atoms with van der Waals surface area (Å²) in [6.07, 6.45) is 6.35. The Morgan fingerprint density at radius 2 is 1.78 bits per heavy atom. The van der Waals surface area contributed by atoms with Crippen molar-refractivity contribution in [2.75, 3.05) is 18.0 Å². The quantitative estimate of drug-likeness (QED) is 0.698. The Hall–Kier alpha value is -2.19. The van der Waals surface area contributed by atoms with Gasteiger partial charge in [-0.2, -0.15) is 0 Å². The first kappa shape index (κ1) is 18.9. The van der Waals surface area contributed by atoms with Crippen LogP contribution in [-0.2, 0) is 9.59 Å². The summed E-state index contributed by atoms with van der Waals surface area (Å²) in [6.45, 7) is 3.93. The molecule has 0 amide bonds. The average Bonchev–Trinajstić information content (AvgIpc) is 2.46. The Morgan fingerprint density at radius 3 is 2.22 bits per heavy atom. The van der Waals surface area contributed by atoms with Gasteiger partial charge in [-0.3, -0.25) is 4.98 Å². The molecule has 4 N–H and O–H groups in total. The summed E-state index contributed by atoms with van der Waals surface area (Å²) >= 11 is 5.80. The number of carbonyl (C=O) groups is 2. The Labute approximate surface area is 138 Å². The van der Waals surface area contributed by atoms with E-state index in [4.69, 9.17) is 27.5 Å². The molecule has 2 rings (SSSR count). The Balaban J connectivity index is 0.000000284. The van der Waals surface area contributed by atoms with Crippen LogP contribution in [0.15, 0.2) is 24.5 Å². The van der Waals surface area contributed by atoms with Gasteiger partial charge in [-0.05, 0) is 19.8 Å². The van der Waals surface area contributed by atoms with E-state index in [2.05, 4.69) is 21.8 Å². The van der Waals surface area contributed by atoms with Crippen LogP contribution in [0.1, 0.15) is 19.8 Å². The Bertz CT molecular complexity index is 566. The van der Waals surface area contributed by atoms with E-state index in [-0.39, 0.29) is 5.54 Å². The van der Waals surface area contributed by atoms with E-state index in [0.717, 1.165) is 31.7 Å². The highest BCUT2D eigenvalue weighted by atomic mass is 35.5. The summed E-state index contributed by atoms with van der Waals surface area (Å²) < 4.78 is 0. The molecule has 1 aromatic heterocycles. The topological polar surface area (TPSA) is 130 Å².